The van der Waals surface area contributed by atoms with Crippen molar-refractivity contribution < 1.29 is 28.6 Å². The normalized spacial score (nSPS) is 12.4. The molecule has 0 fully saturated rings. The van der Waals surface area contributed by atoms with Crippen LogP contribution >= 0.6 is 0 Å². The minimum atomic E-state index is -0.766. The van der Waals surface area contributed by atoms with Crippen molar-refractivity contribution in [3.63, 3.8) is 0 Å². The molecule has 0 saturated heterocycles. The van der Waals surface area contributed by atoms with Crippen LogP contribution in [0.15, 0.2) is 48.6 Å². The van der Waals surface area contributed by atoms with Gasteiger partial charge in [0.2, 0.25) is 0 Å². The number of unbranched alkanes of at least 4 members (excludes halogenated alkanes) is 30. The van der Waals surface area contributed by atoms with E-state index in [0.29, 0.717) is 19.3 Å². The van der Waals surface area contributed by atoms with E-state index in [1.54, 1.807) is 0 Å². The van der Waals surface area contributed by atoms with Gasteiger partial charge in [0.05, 0.1) is 0 Å². The third-order valence-corrected chi connectivity index (χ3v) is 11.8. The molecule has 0 aliphatic rings. The molecule has 6 heteroatoms. The number of hydrogen-bond donors (Lipinski definition) is 0. The molecule has 0 saturated carbocycles. The number of carbonyl (C=O) groups is 3. The summed E-state index contributed by atoms with van der Waals surface area (Å²) in [5.74, 6) is -0.864. The lowest BCUT2D eigenvalue weighted by Crippen LogP contribution is -2.30. The van der Waals surface area contributed by atoms with Gasteiger partial charge in [0.15, 0.2) is 6.10 Å². The van der Waals surface area contributed by atoms with Crippen molar-refractivity contribution >= 4 is 17.9 Å². The van der Waals surface area contributed by atoms with Crippen LogP contribution in [0.25, 0.3) is 0 Å². The van der Waals surface area contributed by atoms with Crippen molar-refractivity contribution in [2.45, 2.75) is 284 Å². The molecule has 0 aliphatic carbocycles. The summed E-state index contributed by atoms with van der Waals surface area (Å²) in [6, 6.07) is 0. The molecule has 0 N–H and O–H groups in total. The number of ether oxygens (including phenoxy) is 3. The summed E-state index contributed by atoms with van der Waals surface area (Å²) in [7, 11) is 0. The van der Waals surface area contributed by atoms with Crippen molar-refractivity contribution in [2.75, 3.05) is 13.2 Å². The second-order valence-electron chi connectivity index (χ2n) is 18.1. The van der Waals surface area contributed by atoms with E-state index in [9.17, 15) is 14.4 Å². The number of carbonyl (C=O) groups excluding carboxylic acids is 3. The molecule has 0 bridgehead atoms. The molecule has 6 nitrogen and oxygen atoms in total. The maximum absolute atomic E-state index is 12.7. The van der Waals surface area contributed by atoms with E-state index >= 15 is 0 Å². The standard InChI is InChI=1S/C57H102O6/c1-4-7-10-13-16-19-22-23-24-25-26-27-28-29-30-31-32-33-34-35-36-39-41-44-47-50-56(59)62-53-54(63-57(60)51-48-45-42-38-21-18-15-12-9-6-3)52-61-55(58)49-46-43-40-37-20-17-14-11-8-5-2/h7,10,16,19,23-24,26-27,54H,4-6,8-9,11-15,17-18,20-22,25,28-53H2,1-3H3/b10-7-,19-16-,24-23-,27-26-. The van der Waals surface area contributed by atoms with E-state index in [1.807, 2.05) is 0 Å². The van der Waals surface area contributed by atoms with E-state index in [0.717, 1.165) is 83.5 Å². The Balaban J connectivity index is 4.15. The van der Waals surface area contributed by atoms with Gasteiger partial charge in [-0.15, -0.1) is 0 Å². The minimum Gasteiger partial charge on any atom is -0.462 e. The highest BCUT2D eigenvalue weighted by molar-refractivity contribution is 5.71. The SMILES string of the molecule is CC/C=C\C/C=C\C/C=C\C/C=C\CCCCCCCCCCCCCCC(=O)OCC(COC(=O)CCCCCCCCCCCC)OC(=O)CCCCCCCCCCCC. The van der Waals surface area contributed by atoms with Crippen molar-refractivity contribution in [1.29, 1.82) is 0 Å². The molecule has 0 heterocycles. The summed E-state index contributed by atoms with van der Waals surface area (Å²) < 4.78 is 16.8. The fraction of sp³-hybridized carbons (Fsp3) is 0.807. The maximum atomic E-state index is 12.7. The quantitative estimate of drug-likeness (QED) is 0.0262. The first kappa shape index (κ1) is 60.4. The smallest absolute Gasteiger partial charge is 0.306 e. The third-order valence-electron chi connectivity index (χ3n) is 11.8. The van der Waals surface area contributed by atoms with Crippen LogP contribution in [0.2, 0.25) is 0 Å². The molecule has 0 spiro atoms. The molecule has 0 radical (unpaired) electrons. The predicted molar refractivity (Wildman–Crippen MR) is 270 cm³/mol. The van der Waals surface area contributed by atoms with Gasteiger partial charge in [-0.25, -0.2) is 0 Å². The first-order valence-electron chi connectivity index (χ1n) is 27.1. The van der Waals surface area contributed by atoms with Gasteiger partial charge in [0, 0.05) is 19.3 Å². The van der Waals surface area contributed by atoms with E-state index < -0.39 is 6.10 Å². The predicted octanol–water partition coefficient (Wildman–Crippen LogP) is 17.9. The van der Waals surface area contributed by atoms with E-state index in [4.69, 9.17) is 14.2 Å². The fourth-order valence-electron chi connectivity index (χ4n) is 7.79. The number of hydrogen-bond acceptors (Lipinski definition) is 6. The second-order valence-corrected chi connectivity index (χ2v) is 18.1. The zero-order chi connectivity index (χ0) is 45.8. The van der Waals surface area contributed by atoms with E-state index in [1.165, 1.54) is 154 Å². The topological polar surface area (TPSA) is 78.9 Å². The van der Waals surface area contributed by atoms with Gasteiger partial charge < -0.3 is 14.2 Å². The molecule has 0 aliphatic heterocycles. The van der Waals surface area contributed by atoms with Gasteiger partial charge in [-0.1, -0.05) is 249 Å². The van der Waals surface area contributed by atoms with Crippen LogP contribution < -0.4 is 0 Å². The Morgan fingerprint density at radius 2 is 0.619 bits per heavy atom. The van der Waals surface area contributed by atoms with Crippen LogP contribution in [0, 0.1) is 0 Å². The average Bonchev–Trinajstić information content (AvgIpc) is 3.28. The first-order valence-corrected chi connectivity index (χ1v) is 27.1. The number of esters is 3. The Labute approximate surface area is 390 Å². The van der Waals surface area contributed by atoms with Crippen molar-refractivity contribution in [2.24, 2.45) is 0 Å². The molecule has 366 valence electrons. The Morgan fingerprint density at radius 3 is 0.968 bits per heavy atom. The average molecular weight is 883 g/mol. The molecule has 0 aromatic carbocycles. The van der Waals surface area contributed by atoms with Gasteiger partial charge in [0.25, 0.3) is 0 Å². The minimum absolute atomic E-state index is 0.0691. The highest BCUT2D eigenvalue weighted by Gasteiger charge is 2.19. The van der Waals surface area contributed by atoms with Crippen molar-refractivity contribution in [3.8, 4) is 0 Å². The Bertz CT molecular complexity index is 1110. The summed E-state index contributed by atoms with van der Waals surface area (Å²) in [4.78, 5) is 37.9. The molecule has 1 unspecified atom stereocenters. The third kappa shape index (κ3) is 50.2. The van der Waals surface area contributed by atoms with Crippen LogP contribution in [0.4, 0.5) is 0 Å². The Hall–Kier alpha value is -2.63. The molecular weight excluding hydrogens is 781 g/mol. The lowest BCUT2D eigenvalue weighted by molar-refractivity contribution is -0.167. The molecular formula is C57H102O6. The number of rotatable bonds is 49. The summed E-state index contributed by atoms with van der Waals surface area (Å²) in [6.45, 7) is 6.52. The maximum Gasteiger partial charge on any atom is 0.306 e. The van der Waals surface area contributed by atoms with Gasteiger partial charge in [-0.3, -0.25) is 14.4 Å². The summed E-state index contributed by atoms with van der Waals surface area (Å²) in [5, 5.41) is 0. The molecule has 63 heavy (non-hydrogen) atoms. The molecule has 0 rings (SSSR count). The highest BCUT2D eigenvalue weighted by Crippen LogP contribution is 2.16. The van der Waals surface area contributed by atoms with Crippen molar-refractivity contribution in [3.05, 3.63) is 48.6 Å². The Morgan fingerprint density at radius 1 is 0.333 bits per heavy atom. The zero-order valence-corrected chi connectivity index (χ0v) is 41.8. The van der Waals surface area contributed by atoms with Crippen LogP contribution in [-0.2, 0) is 28.6 Å². The second kappa shape index (κ2) is 52.0. The van der Waals surface area contributed by atoms with E-state index in [-0.39, 0.29) is 31.1 Å². The molecule has 1 atom stereocenters. The zero-order valence-electron chi connectivity index (χ0n) is 41.8. The lowest BCUT2D eigenvalue weighted by atomic mass is 10.0. The summed E-state index contributed by atoms with van der Waals surface area (Å²) in [5.41, 5.74) is 0. The summed E-state index contributed by atoms with van der Waals surface area (Å²) in [6.07, 6.45) is 62.5. The van der Waals surface area contributed by atoms with Gasteiger partial charge in [0.1, 0.15) is 13.2 Å². The van der Waals surface area contributed by atoms with Crippen LogP contribution in [0.3, 0.4) is 0 Å². The molecule has 0 amide bonds. The van der Waals surface area contributed by atoms with Gasteiger partial charge in [-0.05, 0) is 57.8 Å². The lowest BCUT2D eigenvalue weighted by Gasteiger charge is -2.18. The molecule has 0 aromatic heterocycles. The van der Waals surface area contributed by atoms with Crippen LogP contribution in [-0.4, -0.2) is 37.2 Å². The van der Waals surface area contributed by atoms with Crippen molar-refractivity contribution in [1.82, 2.24) is 0 Å². The van der Waals surface area contributed by atoms with Gasteiger partial charge in [-0.2, -0.15) is 0 Å². The fourth-order valence-corrected chi connectivity index (χ4v) is 7.79. The van der Waals surface area contributed by atoms with E-state index in [2.05, 4.69) is 69.4 Å². The first-order chi connectivity index (χ1) is 31.0. The largest absolute Gasteiger partial charge is 0.462 e. The monoisotopic (exact) mass is 883 g/mol. The number of allylic oxidation sites excluding steroid dienone is 8. The molecule has 0 aromatic rings. The van der Waals surface area contributed by atoms with Gasteiger partial charge >= 0.3 is 17.9 Å². The van der Waals surface area contributed by atoms with Crippen LogP contribution in [0.1, 0.15) is 278 Å². The Kier molecular flexibility index (Phi) is 49.8. The van der Waals surface area contributed by atoms with Crippen LogP contribution in [0.5, 0.6) is 0 Å². The highest BCUT2D eigenvalue weighted by atomic mass is 16.6. The summed E-state index contributed by atoms with van der Waals surface area (Å²) >= 11 is 0.